The van der Waals surface area contributed by atoms with Crippen LogP contribution >= 0.6 is 12.6 Å². The zero-order valence-corrected chi connectivity index (χ0v) is 26.5. The minimum atomic E-state index is -2.05. The van der Waals surface area contributed by atoms with Crippen LogP contribution in [0.15, 0.2) is 18.2 Å². The van der Waals surface area contributed by atoms with E-state index in [9.17, 15) is 29.7 Å². The van der Waals surface area contributed by atoms with Crippen molar-refractivity contribution >= 4 is 30.0 Å². The molecule has 2 aromatic rings. The van der Waals surface area contributed by atoms with Gasteiger partial charge in [-0.25, -0.2) is 0 Å². The zero-order valence-electron chi connectivity index (χ0n) is 25.6. The highest BCUT2D eigenvalue weighted by atomic mass is 32.1. The van der Waals surface area contributed by atoms with E-state index in [1.165, 1.54) is 32.4 Å². The van der Waals surface area contributed by atoms with Crippen molar-refractivity contribution < 1.29 is 58.1 Å². The fraction of sp³-hybridized carbons (Fsp3) is 0.531. The fourth-order valence-corrected chi connectivity index (χ4v) is 7.13. The van der Waals surface area contributed by atoms with Gasteiger partial charge in [0.1, 0.15) is 22.8 Å². The molecule has 2 aromatic carbocycles. The van der Waals surface area contributed by atoms with Crippen molar-refractivity contribution in [2.75, 3.05) is 33.1 Å². The predicted octanol–water partition coefficient (Wildman–Crippen LogP) is 1.94. The van der Waals surface area contributed by atoms with E-state index in [1.54, 1.807) is 0 Å². The van der Waals surface area contributed by atoms with Crippen LogP contribution in [0.1, 0.15) is 75.3 Å². The van der Waals surface area contributed by atoms with Crippen molar-refractivity contribution in [1.29, 1.82) is 0 Å². The van der Waals surface area contributed by atoms with Gasteiger partial charge in [-0.1, -0.05) is 12.1 Å². The number of benzene rings is 2. The summed E-state index contributed by atoms with van der Waals surface area (Å²) >= 11 is 4.07. The lowest BCUT2D eigenvalue weighted by atomic mass is 9.72. The Labute approximate surface area is 270 Å². The SMILES string of the molecule is COc1cccc2c1C(=O)c1c(O)c3c(c(O)c1C2=O)C[C@@](O)(C(=O)CS)C[C@@H]3O[C@H]1CC[C@H](O[C@H]2NCCO[C@@H]2OC)[C@H](C)O1. The maximum absolute atomic E-state index is 13.8. The number of phenols is 2. The van der Waals surface area contributed by atoms with E-state index in [0.717, 1.165) is 0 Å². The van der Waals surface area contributed by atoms with E-state index in [0.29, 0.717) is 26.0 Å². The summed E-state index contributed by atoms with van der Waals surface area (Å²) in [5, 5.41) is 38.0. The van der Waals surface area contributed by atoms with Crippen LogP contribution in [0.25, 0.3) is 0 Å². The molecule has 4 aliphatic rings. The van der Waals surface area contributed by atoms with Crippen molar-refractivity contribution in [3.8, 4) is 17.2 Å². The molecule has 0 radical (unpaired) electrons. The van der Waals surface area contributed by atoms with Gasteiger partial charge >= 0.3 is 0 Å². The van der Waals surface area contributed by atoms with Crippen LogP contribution in [0.3, 0.4) is 0 Å². The number of thiol groups is 1. The second-order valence-electron chi connectivity index (χ2n) is 11.9. The quantitative estimate of drug-likeness (QED) is 0.175. The number of morpholine rings is 1. The first kappa shape index (κ1) is 32.8. The number of Topliss-reactive ketones (excluding diaryl/α,β-unsaturated/α-hetero) is 1. The summed E-state index contributed by atoms with van der Waals surface area (Å²) < 4.78 is 35.0. The third-order valence-electron chi connectivity index (χ3n) is 9.16. The number of nitrogens with one attached hydrogen (secondary N) is 1. The third-order valence-corrected chi connectivity index (χ3v) is 9.45. The predicted molar refractivity (Wildman–Crippen MR) is 163 cm³/mol. The van der Waals surface area contributed by atoms with Gasteiger partial charge in [-0.15, -0.1) is 0 Å². The Balaban J connectivity index is 1.34. The molecule has 4 N–H and O–H groups in total. The molecule has 0 spiro atoms. The molecular formula is C32H37NO12S. The van der Waals surface area contributed by atoms with Gasteiger partial charge in [0.15, 0.2) is 30.4 Å². The molecule has 248 valence electrons. The molecule has 0 unspecified atom stereocenters. The smallest absolute Gasteiger partial charge is 0.202 e. The molecule has 14 heteroatoms. The molecule has 2 aliphatic heterocycles. The number of phenolic OH excluding ortho intramolecular Hbond substituents is 2. The second-order valence-corrected chi connectivity index (χ2v) is 12.2. The lowest BCUT2D eigenvalue weighted by Crippen LogP contribution is -2.54. The Morgan fingerprint density at radius 1 is 1.09 bits per heavy atom. The van der Waals surface area contributed by atoms with Crippen LogP contribution < -0.4 is 10.1 Å². The van der Waals surface area contributed by atoms with E-state index in [-0.39, 0.29) is 46.3 Å². The van der Waals surface area contributed by atoms with Crippen LogP contribution in [0, 0.1) is 0 Å². The number of fused-ring (bicyclic) bond motifs is 3. The second kappa shape index (κ2) is 12.8. The van der Waals surface area contributed by atoms with Crippen LogP contribution in [-0.4, -0.2) is 102 Å². The first-order chi connectivity index (χ1) is 22.0. The number of hydrogen-bond donors (Lipinski definition) is 5. The van der Waals surface area contributed by atoms with Crippen molar-refractivity contribution in [3.05, 3.63) is 51.6 Å². The van der Waals surface area contributed by atoms with Gasteiger partial charge in [-0.2, -0.15) is 12.6 Å². The highest BCUT2D eigenvalue weighted by molar-refractivity contribution is 7.81. The number of ether oxygens (including phenoxy) is 6. The normalized spacial score (nSPS) is 30.7. The number of hydrogen-bond acceptors (Lipinski definition) is 14. The monoisotopic (exact) mass is 659 g/mol. The Bertz CT molecular complexity index is 1560. The molecule has 0 bridgehead atoms. The average Bonchev–Trinajstić information content (AvgIpc) is 3.05. The van der Waals surface area contributed by atoms with Crippen LogP contribution in [0.4, 0.5) is 0 Å². The molecule has 13 nitrogen and oxygen atoms in total. The number of carbonyl (C=O) groups is 3. The lowest BCUT2D eigenvalue weighted by molar-refractivity contribution is -0.281. The Hall–Kier alpha value is -3.08. The van der Waals surface area contributed by atoms with Crippen molar-refractivity contribution in [1.82, 2.24) is 5.32 Å². The molecule has 2 heterocycles. The van der Waals surface area contributed by atoms with Crippen LogP contribution in [-0.2, 0) is 34.9 Å². The highest BCUT2D eigenvalue weighted by Gasteiger charge is 2.50. The summed E-state index contributed by atoms with van der Waals surface area (Å²) in [6.07, 6.45) is -3.89. The van der Waals surface area contributed by atoms with Gasteiger partial charge in [0.05, 0.1) is 54.5 Å². The first-order valence-electron chi connectivity index (χ1n) is 15.1. The fourth-order valence-electron chi connectivity index (χ4n) is 6.84. The summed E-state index contributed by atoms with van der Waals surface area (Å²) in [4.78, 5) is 40.5. The Kier molecular flexibility index (Phi) is 9.17. The number of methoxy groups -OCH3 is 2. The van der Waals surface area contributed by atoms with Crippen molar-refractivity contribution in [2.24, 2.45) is 0 Å². The van der Waals surface area contributed by atoms with Gasteiger partial charge in [-0.05, 0) is 19.4 Å². The van der Waals surface area contributed by atoms with Gasteiger partial charge in [0.2, 0.25) is 5.78 Å². The van der Waals surface area contributed by atoms with E-state index in [4.69, 9.17) is 28.4 Å². The molecule has 0 amide bonds. The first-order valence-corrected chi connectivity index (χ1v) is 15.7. The van der Waals surface area contributed by atoms with Crippen molar-refractivity contribution in [3.63, 3.8) is 0 Å². The summed E-state index contributed by atoms with van der Waals surface area (Å²) in [5.74, 6) is -3.44. The van der Waals surface area contributed by atoms with Crippen LogP contribution in [0.2, 0.25) is 0 Å². The van der Waals surface area contributed by atoms with Crippen LogP contribution in [0.5, 0.6) is 17.2 Å². The Morgan fingerprint density at radius 2 is 1.85 bits per heavy atom. The molecule has 2 saturated heterocycles. The number of carbonyl (C=O) groups excluding carboxylic acids is 3. The number of aliphatic hydroxyl groups is 1. The van der Waals surface area contributed by atoms with Gasteiger partial charge in [0, 0.05) is 49.6 Å². The van der Waals surface area contributed by atoms with Gasteiger partial charge in [0.25, 0.3) is 0 Å². The van der Waals surface area contributed by atoms with Gasteiger partial charge in [-0.3, -0.25) is 19.7 Å². The summed E-state index contributed by atoms with van der Waals surface area (Å²) in [6.45, 7) is 2.90. The summed E-state index contributed by atoms with van der Waals surface area (Å²) in [6, 6.07) is 4.48. The van der Waals surface area contributed by atoms with E-state index in [2.05, 4.69) is 17.9 Å². The molecule has 46 heavy (non-hydrogen) atoms. The van der Waals surface area contributed by atoms with E-state index in [1.807, 2.05) is 6.92 Å². The average molecular weight is 660 g/mol. The minimum absolute atomic E-state index is 0.00601. The third kappa shape index (κ3) is 5.50. The maximum atomic E-state index is 13.8. The number of rotatable bonds is 8. The topological polar surface area (TPSA) is 179 Å². The molecular weight excluding hydrogens is 622 g/mol. The molecule has 2 aliphatic carbocycles. The lowest BCUT2D eigenvalue weighted by Gasteiger charge is -2.42. The maximum Gasteiger partial charge on any atom is 0.202 e. The van der Waals surface area contributed by atoms with E-state index >= 15 is 0 Å². The molecule has 2 fully saturated rings. The highest BCUT2D eigenvalue weighted by Crippen LogP contribution is 2.52. The van der Waals surface area contributed by atoms with E-state index < -0.39 is 83.0 Å². The largest absolute Gasteiger partial charge is 0.507 e. The number of aromatic hydroxyl groups is 2. The molecule has 7 atom stereocenters. The standard InChI is InChI=1S/C32H37NO12S/c1-14-17(45-30-31(41-3)42-10-9-33-30)7-8-21(43-14)44-19-12-32(39,20(34)13-46)11-16-23(19)29(38)25-24(27(16)36)26(35)15-5-4-6-18(40-2)22(15)28(25)37/h4-6,14,17,19,21,30-31,33,36,38-39,46H,7-13H2,1-3H3/t14-,17-,19-,21-,30+,31-,32-/m0/s1. The summed E-state index contributed by atoms with van der Waals surface area (Å²) in [7, 11) is 2.88. The number of ketones is 3. The van der Waals surface area contributed by atoms with Gasteiger partial charge < -0.3 is 43.7 Å². The summed E-state index contributed by atoms with van der Waals surface area (Å²) in [5.41, 5.74) is -3.00. The molecule has 0 saturated carbocycles. The zero-order chi connectivity index (χ0) is 32.9. The van der Waals surface area contributed by atoms with Crippen molar-refractivity contribution in [2.45, 2.75) is 75.3 Å². The minimum Gasteiger partial charge on any atom is -0.507 e. The Morgan fingerprint density at radius 3 is 2.54 bits per heavy atom. The molecule has 0 aromatic heterocycles. The molecule has 6 rings (SSSR count).